The van der Waals surface area contributed by atoms with Gasteiger partial charge in [0.15, 0.2) is 0 Å². The number of pyridine rings is 1. The number of hydrogen-bond donors (Lipinski definition) is 0. The lowest BCUT2D eigenvalue weighted by atomic mass is 9.73. The molecule has 0 unspecified atom stereocenters. The summed E-state index contributed by atoms with van der Waals surface area (Å²) >= 11 is 0. The lowest BCUT2D eigenvalue weighted by Crippen LogP contribution is -2.53. The lowest BCUT2D eigenvalue weighted by Gasteiger charge is -2.38. The Hall–Kier alpha value is -2.15. The normalized spacial score (nSPS) is 27.2. The van der Waals surface area contributed by atoms with Crippen molar-refractivity contribution in [2.24, 2.45) is 17.3 Å². The van der Waals surface area contributed by atoms with Gasteiger partial charge in [0.05, 0.1) is 18.6 Å². The highest BCUT2D eigenvalue weighted by Gasteiger charge is 2.55. The fourth-order valence-electron chi connectivity index (χ4n) is 5.28. The van der Waals surface area contributed by atoms with Gasteiger partial charge in [-0.2, -0.15) is 0 Å². The average Bonchev–Trinajstić information content (AvgIpc) is 3.02. The van der Waals surface area contributed by atoms with Gasteiger partial charge in [-0.15, -0.1) is 0 Å². The smallest absolute Gasteiger partial charge is 0.231 e. The third-order valence-corrected chi connectivity index (χ3v) is 6.82. The van der Waals surface area contributed by atoms with Crippen LogP contribution in [0.5, 0.6) is 0 Å². The third kappa shape index (κ3) is 4.17. The number of hydrogen-bond acceptors (Lipinski definition) is 5. The number of fused-ring (bicyclic) bond motifs is 1. The maximum absolute atomic E-state index is 13.9. The number of morpholine rings is 1. The van der Waals surface area contributed by atoms with Crippen molar-refractivity contribution in [3.8, 4) is 0 Å². The monoisotopic (exact) mass is 414 g/mol. The minimum absolute atomic E-state index is 0.119. The molecule has 2 amide bonds. The molecule has 1 aromatic rings. The summed E-state index contributed by atoms with van der Waals surface area (Å²) in [5.41, 5.74) is -0.457. The predicted molar refractivity (Wildman–Crippen MR) is 115 cm³/mol. The second kappa shape index (κ2) is 8.92. The van der Waals surface area contributed by atoms with E-state index in [9.17, 15) is 9.59 Å². The Morgan fingerprint density at radius 2 is 1.97 bits per heavy atom. The molecule has 3 aliphatic heterocycles. The molecular weight excluding hydrogens is 380 g/mol. The van der Waals surface area contributed by atoms with Crippen molar-refractivity contribution in [2.45, 2.75) is 33.1 Å². The van der Waals surface area contributed by atoms with Crippen molar-refractivity contribution < 1.29 is 14.3 Å². The van der Waals surface area contributed by atoms with Crippen LogP contribution < -0.4 is 4.90 Å². The molecular formula is C23H34N4O3. The van der Waals surface area contributed by atoms with Gasteiger partial charge >= 0.3 is 0 Å². The summed E-state index contributed by atoms with van der Waals surface area (Å²) in [7, 11) is 0. The van der Waals surface area contributed by atoms with E-state index in [4.69, 9.17) is 4.74 Å². The quantitative estimate of drug-likeness (QED) is 0.754. The van der Waals surface area contributed by atoms with E-state index in [0.717, 1.165) is 31.7 Å². The Morgan fingerprint density at radius 3 is 2.67 bits per heavy atom. The van der Waals surface area contributed by atoms with E-state index < -0.39 is 5.41 Å². The van der Waals surface area contributed by atoms with Crippen LogP contribution in [0.2, 0.25) is 0 Å². The van der Waals surface area contributed by atoms with Crippen LogP contribution in [0.1, 0.15) is 33.1 Å². The van der Waals surface area contributed by atoms with Gasteiger partial charge < -0.3 is 19.4 Å². The van der Waals surface area contributed by atoms with Gasteiger partial charge in [0.25, 0.3) is 0 Å². The Labute approximate surface area is 179 Å². The first-order valence-corrected chi connectivity index (χ1v) is 11.3. The van der Waals surface area contributed by atoms with Crippen LogP contribution in [-0.2, 0) is 14.3 Å². The number of carbonyl (C=O) groups excluding carboxylic acids is 2. The van der Waals surface area contributed by atoms with Crippen molar-refractivity contribution in [2.75, 3.05) is 57.4 Å². The van der Waals surface area contributed by atoms with Crippen LogP contribution in [0.25, 0.3) is 0 Å². The number of aromatic nitrogens is 1. The van der Waals surface area contributed by atoms with Gasteiger partial charge in [0.2, 0.25) is 11.8 Å². The molecule has 164 valence electrons. The molecule has 0 saturated carbocycles. The van der Waals surface area contributed by atoms with E-state index in [1.54, 1.807) is 6.20 Å². The zero-order valence-electron chi connectivity index (χ0n) is 18.3. The summed E-state index contributed by atoms with van der Waals surface area (Å²) in [6, 6.07) is 5.92. The Balaban J connectivity index is 1.61. The molecule has 2 atom stereocenters. The lowest BCUT2D eigenvalue weighted by molar-refractivity contribution is -0.148. The first-order valence-electron chi connectivity index (χ1n) is 11.3. The molecule has 3 aliphatic rings. The van der Waals surface area contributed by atoms with E-state index in [2.05, 4.69) is 23.7 Å². The standard InChI is InChI=1S/C23H34N4O3/c1-18(2)14-21(28)26-9-5-7-23(22(29)25-10-12-30-13-11-25)17-27(16-19(23)15-26)20-6-3-4-8-24-20/h3-4,6,8,18-19H,5,7,9-17H2,1-2H3/t19-,23-/m0/s1. The van der Waals surface area contributed by atoms with E-state index in [1.165, 1.54) is 0 Å². The van der Waals surface area contributed by atoms with Crippen molar-refractivity contribution >= 4 is 17.6 Å². The Morgan fingerprint density at radius 1 is 1.17 bits per heavy atom. The van der Waals surface area contributed by atoms with Crippen LogP contribution in [0.4, 0.5) is 5.82 Å². The number of carbonyl (C=O) groups is 2. The summed E-state index contributed by atoms with van der Waals surface area (Å²) in [6.45, 7) is 9.55. The number of nitrogens with zero attached hydrogens (tertiary/aromatic N) is 4. The van der Waals surface area contributed by atoms with Gasteiger partial charge in [0.1, 0.15) is 5.82 Å². The predicted octanol–water partition coefficient (Wildman–Crippen LogP) is 2.03. The maximum Gasteiger partial charge on any atom is 0.231 e. The van der Waals surface area contributed by atoms with Gasteiger partial charge in [0, 0.05) is 57.8 Å². The average molecular weight is 415 g/mol. The minimum Gasteiger partial charge on any atom is -0.378 e. The van der Waals surface area contributed by atoms with E-state index in [0.29, 0.717) is 51.7 Å². The maximum atomic E-state index is 13.9. The molecule has 0 spiro atoms. The SMILES string of the molecule is CC(C)CC(=O)N1CCC[C@]2(C(=O)N3CCOCC3)CN(c3ccccn3)C[C@@H]2C1. The molecule has 4 rings (SSSR count). The van der Waals surface area contributed by atoms with Gasteiger partial charge in [-0.3, -0.25) is 9.59 Å². The molecule has 3 saturated heterocycles. The molecule has 4 heterocycles. The number of ether oxygens (including phenoxy) is 1. The Bertz CT molecular complexity index is 750. The highest BCUT2D eigenvalue weighted by molar-refractivity contribution is 5.85. The molecule has 3 fully saturated rings. The summed E-state index contributed by atoms with van der Waals surface area (Å²) in [4.78, 5) is 37.5. The first kappa shape index (κ1) is 21.1. The first-order chi connectivity index (χ1) is 14.5. The van der Waals surface area contributed by atoms with Gasteiger partial charge in [-0.05, 0) is 30.9 Å². The van der Waals surface area contributed by atoms with Gasteiger partial charge in [-0.1, -0.05) is 19.9 Å². The summed E-state index contributed by atoms with van der Waals surface area (Å²) in [5, 5.41) is 0. The number of rotatable bonds is 4. The molecule has 0 bridgehead atoms. The van der Waals surface area contributed by atoms with E-state index in [1.807, 2.05) is 28.0 Å². The largest absolute Gasteiger partial charge is 0.378 e. The zero-order valence-corrected chi connectivity index (χ0v) is 18.3. The summed E-state index contributed by atoms with van der Waals surface area (Å²) in [6.07, 6.45) is 4.06. The minimum atomic E-state index is -0.457. The van der Waals surface area contributed by atoms with E-state index in [-0.39, 0.29) is 17.7 Å². The fraction of sp³-hybridized carbons (Fsp3) is 0.696. The molecule has 30 heavy (non-hydrogen) atoms. The van der Waals surface area contributed by atoms with Crippen molar-refractivity contribution in [1.82, 2.24) is 14.8 Å². The number of likely N-dealkylation sites (tertiary alicyclic amines) is 1. The molecule has 0 aromatic carbocycles. The van der Waals surface area contributed by atoms with Crippen LogP contribution in [-0.4, -0.2) is 79.1 Å². The van der Waals surface area contributed by atoms with E-state index >= 15 is 0 Å². The van der Waals surface area contributed by atoms with Crippen molar-refractivity contribution in [3.63, 3.8) is 0 Å². The van der Waals surface area contributed by atoms with Crippen molar-refractivity contribution in [3.05, 3.63) is 24.4 Å². The highest BCUT2D eigenvalue weighted by Crippen LogP contribution is 2.45. The van der Waals surface area contributed by atoms with Crippen LogP contribution in [0, 0.1) is 17.3 Å². The Kier molecular flexibility index (Phi) is 6.27. The van der Waals surface area contributed by atoms with Gasteiger partial charge in [-0.25, -0.2) is 4.98 Å². The summed E-state index contributed by atoms with van der Waals surface area (Å²) in [5.74, 6) is 1.84. The van der Waals surface area contributed by atoms with Crippen molar-refractivity contribution in [1.29, 1.82) is 0 Å². The topological polar surface area (TPSA) is 66.0 Å². The second-order valence-electron chi connectivity index (χ2n) is 9.37. The third-order valence-electron chi connectivity index (χ3n) is 6.82. The summed E-state index contributed by atoms with van der Waals surface area (Å²) < 4.78 is 5.48. The zero-order chi connectivity index (χ0) is 21.1. The molecule has 0 aliphatic carbocycles. The fourth-order valence-corrected chi connectivity index (χ4v) is 5.28. The highest BCUT2D eigenvalue weighted by atomic mass is 16.5. The molecule has 0 N–H and O–H groups in total. The second-order valence-corrected chi connectivity index (χ2v) is 9.37. The molecule has 0 radical (unpaired) electrons. The van der Waals surface area contributed by atoms with Crippen LogP contribution in [0.3, 0.4) is 0 Å². The van der Waals surface area contributed by atoms with Crippen LogP contribution >= 0.6 is 0 Å². The van der Waals surface area contributed by atoms with Crippen LogP contribution in [0.15, 0.2) is 24.4 Å². The molecule has 7 nitrogen and oxygen atoms in total. The number of amides is 2. The molecule has 1 aromatic heterocycles. The number of anilines is 1. The molecule has 7 heteroatoms.